The molecule has 1 atom stereocenters. The second-order valence-corrected chi connectivity index (χ2v) is 8.19. The highest BCUT2D eigenvalue weighted by atomic mass is 16.5. The van der Waals surface area contributed by atoms with Crippen LogP contribution in [0, 0.1) is 13.8 Å². The van der Waals surface area contributed by atoms with Crippen LogP contribution in [-0.4, -0.2) is 11.1 Å². The second-order valence-electron chi connectivity index (χ2n) is 8.19. The van der Waals surface area contributed by atoms with Gasteiger partial charge in [-0.2, -0.15) is 0 Å². The number of nitrogens with zero attached hydrogens (tertiary/aromatic N) is 1. The maximum atomic E-state index is 12.6. The van der Waals surface area contributed by atoms with Crippen molar-refractivity contribution in [1.82, 2.24) is 10.5 Å². The molecule has 0 radical (unpaired) electrons. The van der Waals surface area contributed by atoms with Crippen molar-refractivity contribution < 1.29 is 14.1 Å². The van der Waals surface area contributed by atoms with E-state index in [1.54, 1.807) is 0 Å². The van der Waals surface area contributed by atoms with Crippen molar-refractivity contribution in [2.75, 3.05) is 0 Å². The highest BCUT2D eigenvalue weighted by Gasteiger charge is 2.12. The summed E-state index contributed by atoms with van der Waals surface area (Å²) in [6.07, 6.45) is 0.316. The third kappa shape index (κ3) is 5.69. The predicted molar refractivity (Wildman–Crippen MR) is 129 cm³/mol. The number of hydrogen-bond acceptors (Lipinski definition) is 4. The summed E-state index contributed by atoms with van der Waals surface area (Å²) in [5, 5.41) is 7.03. The van der Waals surface area contributed by atoms with E-state index >= 15 is 0 Å². The summed E-state index contributed by atoms with van der Waals surface area (Å²) in [7, 11) is 0. The first-order valence-corrected chi connectivity index (χ1v) is 11.1. The number of carbonyl (C=O) groups is 1. The van der Waals surface area contributed by atoms with Gasteiger partial charge in [0, 0.05) is 0 Å². The molecule has 0 fully saturated rings. The first-order valence-electron chi connectivity index (χ1n) is 11.1. The molecule has 33 heavy (non-hydrogen) atoms. The van der Waals surface area contributed by atoms with Crippen LogP contribution in [0.1, 0.15) is 41.1 Å². The number of aryl methyl sites for hydroxylation is 2. The van der Waals surface area contributed by atoms with E-state index in [9.17, 15) is 4.79 Å². The molecule has 4 rings (SSSR count). The van der Waals surface area contributed by atoms with Crippen molar-refractivity contribution in [3.63, 3.8) is 0 Å². The van der Waals surface area contributed by atoms with Gasteiger partial charge in [-0.1, -0.05) is 71.9 Å². The topological polar surface area (TPSA) is 64.4 Å². The Morgan fingerprint density at radius 2 is 1.61 bits per heavy atom. The number of carbonyl (C=O) groups excluding carboxylic acids is 1. The van der Waals surface area contributed by atoms with Crippen LogP contribution in [0.3, 0.4) is 0 Å². The molecule has 0 saturated carbocycles. The molecule has 168 valence electrons. The summed E-state index contributed by atoms with van der Waals surface area (Å²) in [4.78, 5) is 12.6. The van der Waals surface area contributed by atoms with Crippen molar-refractivity contribution >= 4 is 5.91 Å². The van der Waals surface area contributed by atoms with Crippen LogP contribution < -0.4 is 10.1 Å². The van der Waals surface area contributed by atoms with Gasteiger partial charge in [0.25, 0.3) is 0 Å². The SMILES string of the molecule is Cc1noc(C)c1COc1ccc(CC(=O)NC(C)c2ccc(-c3ccccc3)cc2)cc1. The Bertz CT molecular complexity index is 1180. The molecule has 1 heterocycles. The van der Waals surface area contributed by atoms with E-state index in [4.69, 9.17) is 9.26 Å². The minimum Gasteiger partial charge on any atom is -0.489 e. The second kappa shape index (κ2) is 10.2. The fraction of sp³-hybridized carbons (Fsp3) is 0.214. The largest absolute Gasteiger partial charge is 0.489 e. The Kier molecular flexibility index (Phi) is 6.89. The van der Waals surface area contributed by atoms with Gasteiger partial charge in [0.2, 0.25) is 5.91 Å². The average Bonchev–Trinajstić information content (AvgIpc) is 3.16. The van der Waals surface area contributed by atoms with E-state index in [0.717, 1.165) is 39.5 Å². The fourth-order valence-electron chi connectivity index (χ4n) is 3.72. The highest BCUT2D eigenvalue weighted by molar-refractivity contribution is 5.79. The summed E-state index contributed by atoms with van der Waals surface area (Å²) in [5.74, 6) is 1.50. The Labute approximate surface area is 194 Å². The van der Waals surface area contributed by atoms with Gasteiger partial charge in [0.05, 0.1) is 23.7 Å². The normalized spacial score (nSPS) is 11.7. The number of rotatable bonds is 8. The molecule has 0 saturated heterocycles. The van der Waals surface area contributed by atoms with Gasteiger partial charge < -0.3 is 14.6 Å². The molecule has 0 aliphatic carbocycles. The van der Waals surface area contributed by atoms with Gasteiger partial charge in [0.15, 0.2) is 0 Å². The lowest BCUT2D eigenvalue weighted by Crippen LogP contribution is -2.28. The summed E-state index contributed by atoms with van der Waals surface area (Å²) in [5.41, 5.74) is 6.15. The molecule has 3 aromatic carbocycles. The zero-order chi connectivity index (χ0) is 23.2. The molecule has 0 spiro atoms. The average molecular weight is 441 g/mol. The third-order valence-corrected chi connectivity index (χ3v) is 5.75. The van der Waals surface area contributed by atoms with Crippen LogP contribution in [0.25, 0.3) is 11.1 Å². The number of nitrogens with one attached hydrogen (secondary N) is 1. The van der Waals surface area contributed by atoms with Crippen molar-refractivity contribution in [1.29, 1.82) is 0 Å². The van der Waals surface area contributed by atoms with Gasteiger partial charge >= 0.3 is 0 Å². The van der Waals surface area contributed by atoms with Crippen molar-refractivity contribution in [2.24, 2.45) is 0 Å². The first kappa shape index (κ1) is 22.3. The van der Waals surface area contributed by atoms with Crippen LogP contribution in [0.4, 0.5) is 0 Å². The smallest absolute Gasteiger partial charge is 0.224 e. The first-order chi connectivity index (χ1) is 16.0. The zero-order valence-corrected chi connectivity index (χ0v) is 19.2. The molecule has 5 nitrogen and oxygen atoms in total. The van der Waals surface area contributed by atoms with E-state index < -0.39 is 0 Å². The van der Waals surface area contributed by atoms with Crippen LogP contribution in [0.2, 0.25) is 0 Å². The predicted octanol–water partition coefficient (Wildman–Crippen LogP) is 5.96. The molecule has 0 aliphatic heterocycles. The lowest BCUT2D eigenvalue weighted by atomic mass is 10.0. The Balaban J connectivity index is 1.29. The monoisotopic (exact) mass is 440 g/mol. The third-order valence-electron chi connectivity index (χ3n) is 5.75. The molecule has 1 N–H and O–H groups in total. The number of amides is 1. The van der Waals surface area contributed by atoms with Gasteiger partial charge in [-0.3, -0.25) is 4.79 Å². The van der Waals surface area contributed by atoms with Gasteiger partial charge in [-0.25, -0.2) is 0 Å². The molecule has 1 amide bonds. The maximum absolute atomic E-state index is 12.6. The molecular formula is C28H28N2O3. The van der Waals surface area contributed by atoms with Gasteiger partial charge in [-0.15, -0.1) is 0 Å². The Morgan fingerprint density at radius 1 is 0.939 bits per heavy atom. The number of hydrogen-bond donors (Lipinski definition) is 1. The molecular weight excluding hydrogens is 412 g/mol. The van der Waals surface area contributed by atoms with E-state index in [1.165, 1.54) is 5.56 Å². The highest BCUT2D eigenvalue weighted by Crippen LogP contribution is 2.22. The van der Waals surface area contributed by atoms with Crippen LogP contribution >= 0.6 is 0 Å². The van der Waals surface area contributed by atoms with Crippen molar-refractivity contribution in [3.8, 4) is 16.9 Å². The number of ether oxygens (including phenoxy) is 1. The number of aromatic nitrogens is 1. The van der Waals surface area contributed by atoms with Crippen LogP contribution in [0.5, 0.6) is 5.75 Å². The zero-order valence-electron chi connectivity index (χ0n) is 19.2. The lowest BCUT2D eigenvalue weighted by molar-refractivity contribution is -0.121. The Hall–Kier alpha value is -3.86. The molecule has 0 bridgehead atoms. The lowest BCUT2D eigenvalue weighted by Gasteiger charge is -2.15. The van der Waals surface area contributed by atoms with E-state index in [-0.39, 0.29) is 11.9 Å². The van der Waals surface area contributed by atoms with Crippen molar-refractivity contribution in [3.05, 3.63) is 107 Å². The number of benzene rings is 3. The van der Waals surface area contributed by atoms with E-state index in [0.29, 0.717) is 13.0 Å². The molecule has 0 aliphatic rings. The summed E-state index contributed by atoms with van der Waals surface area (Å²) >= 11 is 0. The van der Waals surface area contributed by atoms with Gasteiger partial charge in [-0.05, 0) is 55.2 Å². The minimum absolute atomic E-state index is 0.0148. The minimum atomic E-state index is -0.0695. The van der Waals surface area contributed by atoms with Crippen LogP contribution in [0.15, 0.2) is 83.4 Å². The van der Waals surface area contributed by atoms with Gasteiger partial charge in [0.1, 0.15) is 18.1 Å². The molecule has 4 aromatic rings. The fourth-order valence-corrected chi connectivity index (χ4v) is 3.72. The summed E-state index contributed by atoms with van der Waals surface area (Å²) in [6, 6.07) is 26.1. The molecule has 1 aromatic heterocycles. The quantitative estimate of drug-likeness (QED) is 0.367. The maximum Gasteiger partial charge on any atom is 0.224 e. The van der Waals surface area contributed by atoms with E-state index in [2.05, 4.69) is 46.9 Å². The van der Waals surface area contributed by atoms with E-state index in [1.807, 2.05) is 63.2 Å². The standard InChI is InChI=1S/C28H28N2O3/c1-19(23-11-13-25(14-12-23)24-7-5-4-6-8-24)29-28(31)17-22-9-15-26(16-10-22)32-18-27-20(2)30-33-21(27)3/h4-16,19H,17-18H2,1-3H3,(H,29,31). The molecule has 1 unspecified atom stereocenters. The summed E-state index contributed by atoms with van der Waals surface area (Å²) < 4.78 is 11.0. The van der Waals surface area contributed by atoms with Crippen molar-refractivity contribution in [2.45, 2.75) is 39.8 Å². The summed E-state index contributed by atoms with van der Waals surface area (Å²) in [6.45, 7) is 6.18. The molecule has 5 heteroatoms. The van der Waals surface area contributed by atoms with Crippen LogP contribution in [-0.2, 0) is 17.8 Å². The Morgan fingerprint density at radius 3 is 2.24 bits per heavy atom.